The largest absolute Gasteiger partial charge is 0.464 e. The highest BCUT2D eigenvalue weighted by atomic mass is 16.5. The molecule has 1 aromatic heterocycles. The van der Waals surface area contributed by atoms with Gasteiger partial charge in [-0.3, -0.25) is 9.59 Å². The number of carbonyl (C=O) groups excluding carboxylic acids is 2. The highest BCUT2D eigenvalue weighted by Crippen LogP contribution is 2.20. The summed E-state index contributed by atoms with van der Waals surface area (Å²) in [6.45, 7) is 2.58. The number of piperidine rings is 1. The molecular formula is C14H18N2O4. The van der Waals surface area contributed by atoms with Crippen molar-refractivity contribution >= 4 is 11.9 Å². The molecule has 0 radical (unpaired) electrons. The molecule has 0 spiro atoms. The van der Waals surface area contributed by atoms with Crippen molar-refractivity contribution in [1.29, 1.82) is 0 Å². The lowest BCUT2D eigenvalue weighted by Gasteiger charge is -2.34. The van der Waals surface area contributed by atoms with E-state index in [1.54, 1.807) is 6.92 Å². The van der Waals surface area contributed by atoms with E-state index in [9.17, 15) is 14.4 Å². The lowest BCUT2D eigenvalue weighted by Crippen LogP contribution is -2.48. The Kier molecular flexibility index (Phi) is 4.55. The van der Waals surface area contributed by atoms with Gasteiger partial charge < -0.3 is 14.6 Å². The molecule has 1 saturated heterocycles. The zero-order chi connectivity index (χ0) is 14.5. The van der Waals surface area contributed by atoms with E-state index in [1.807, 2.05) is 0 Å². The van der Waals surface area contributed by atoms with E-state index in [2.05, 4.69) is 4.98 Å². The Hall–Kier alpha value is -2.11. The number of carbonyl (C=O) groups is 2. The molecule has 20 heavy (non-hydrogen) atoms. The van der Waals surface area contributed by atoms with Gasteiger partial charge in [0.05, 0.1) is 12.2 Å². The van der Waals surface area contributed by atoms with E-state index in [0.29, 0.717) is 25.1 Å². The lowest BCUT2D eigenvalue weighted by atomic mass is 10.0. The smallest absolute Gasteiger partial charge is 0.328 e. The normalized spacial score (nSPS) is 18.6. The number of H-pyrrole nitrogens is 1. The van der Waals surface area contributed by atoms with E-state index in [4.69, 9.17) is 4.74 Å². The predicted molar refractivity (Wildman–Crippen MR) is 72.4 cm³/mol. The van der Waals surface area contributed by atoms with Gasteiger partial charge in [-0.2, -0.15) is 0 Å². The molecule has 1 fully saturated rings. The van der Waals surface area contributed by atoms with Crippen molar-refractivity contribution in [2.24, 2.45) is 0 Å². The zero-order valence-corrected chi connectivity index (χ0v) is 11.4. The molecule has 2 rings (SSSR count). The second kappa shape index (κ2) is 6.36. The molecule has 6 heteroatoms. The van der Waals surface area contributed by atoms with Crippen molar-refractivity contribution < 1.29 is 14.3 Å². The third-order valence-electron chi connectivity index (χ3n) is 3.35. The molecule has 1 aromatic rings. The number of hydrogen-bond donors (Lipinski definition) is 1. The molecule has 1 aliphatic rings. The topological polar surface area (TPSA) is 79.5 Å². The Bertz CT molecular complexity index is 532. The third-order valence-corrected chi connectivity index (χ3v) is 3.35. The van der Waals surface area contributed by atoms with Gasteiger partial charge in [0.25, 0.3) is 5.91 Å². The first-order valence-corrected chi connectivity index (χ1v) is 6.80. The Morgan fingerprint density at radius 3 is 2.85 bits per heavy atom. The van der Waals surface area contributed by atoms with E-state index in [0.717, 1.165) is 12.8 Å². The van der Waals surface area contributed by atoms with Gasteiger partial charge in [-0.1, -0.05) is 0 Å². The maximum atomic E-state index is 12.4. The van der Waals surface area contributed by atoms with Gasteiger partial charge in [-0.25, -0.2) is 4.79 Å². The highest BCUT2D eigenvalue weighted by Gasteiger charge is 2.33. The summed E-state index contributed by atoms with van der Waals surface area (Å²) in [6.07, 6.45) is 3.76. The fourth-order valence-corrected chi connectivity index (χ4v) is 2.37. The van der Waals surface area contributed by atoms with Crippen molar-refractivity contribution in [3.05, 3.63) is 34.2 Å². The fraction of sp³-hybridized carbons (Fsp3) is 0.500. The summed E-state index contributed by atoms with van der Waals surface area (Å²) in [5, 5.41) is 0. The van der Waals surface area contributed by atoms with Crippen LogP contribution < -0.4 is 5.56 Å². The highest BCUT2D eigenvalue weighted by molar-refractivity contribution is 5.96. The molecule has 0 bridgehead atoms. The molecule has 1 aliphatic heterocycles. The molecule has 2 heterocycles. The number of esters is 1. The number of amides is 1. The molecule has 1 amide bonds. The van der Waals surface area contributed by atoms with Crippen LogP contribution in [0.2, 0.25) is 0 Å². The van der Waals surface area contributed by atoms with Crippen LogP contribution in [-0.2, 0) is 9.53 Å². The van der Waals surface area contributed by atoms with Crippen molar-refractivity contribution in [1.82, 2.24) is 9.88 Å². The number of hydrogen-bond acceptors (Lipinski definition) is 4. The molecule has 6 nitrogen and oxygen atoms in total. The number of ether oxygens (including phenoxy) is 1. The third kappa shape index (κ3) is 3.07. The molecule has 1 atom stereocenters. The molecule has 0 saturated carbocycles. The van der Waals surface area contributed by atoms with E-state index < -0.39 is 6.04 Å². The summed E-state index contributed by atoms with van der Waals surface area (Å²) in [4.78, 5) is 39.4. The van der Waals surface area contributed by atoms with Crippen molar-refractivity contribution in [2.45, 2.75) is 32.2 Å². The summed E-state index contributed by atoms with van der Waals surface area (Å²) in [6, 6.07) is 2.25. The van der Waals surface area contributed by atoms with E-state index in [-0.39, 0.29) is 17.4 Å². The molecule has 0 aromatic carbocycles. The summed E-state index contributed by atoms with van der Waals surface area (Å²) in [7, 11) is 0. The van der Waals surface area contributed by atoms with Gasteiger partial charge in [-0.15, -0.1) is 0 Å². The minimum Gasteiger partial charge on any atom is -0.464 e. The van der Waals surface area contributed by atoms with Crippen molar-refractivity contribution in [3.8, 4) is 0 Å². The van der Waals surface area contributed by atoms with Crippen LogP contribution in [0.15, 0.2) is 23.1 Å². The standard InChI is InChI=1S/C14H18N2O4/c1-2-20-14(19)11-5-3-4-8-16(11)13(18)10-6-7-12(17)15-9-10/h6-7,9,11H,2-5,8H2,1H3,(H,15,17). The molecular weight excluding hydrogens is 260 g/mol. The first-order chi connectivity index (χ1) is 9.63. The summed E-state index contributed by atoms with van der Waals surface area (Å²) in [5.41, 5.74) is 0.114. The number of pyridine rings is 1. The minimum absolute atomic E-state index is 0.251. The summed E-state index contributed by atoms with van der Waals surface area (Å²) < 4.78 is 5.03. The Morgan fingerprint density at radius 1 is 1.40 bits per heavy atom. The Balaban J connectivity index is 2.18. The first kappa shape index (κ1) is 14.3. The SMILES string of the molecule is CCOC(=O)C1CCCCN1C(=O)c1ccc(=O)[nH]c1. The van der Waals surface area contributed by atoms with Gasteiger partial charge in [0.15, 0.2) is 0 Å². The Labute approximate surface area is 116 Å². The quantitative estimate of drug-likeness (QED) is 0.834. The Morgan fingerprint density at radius 2 is 2.20 bits per heavy atom. The second-order valence-corrected chi connectivity index (χ2v) is 4.70. The number of likely N-dealkylation sites (tertiary alicyclic amines) is 1. The number of aromatic nitrogens is 1. The van der Waals surface area contributed by atoms with Crippen LogP contribution in [0.25, 0.3) is 0 Å². The van der Waals surface area contributed by atoms with Crippen LogP contribution in [0.3, 0.4) is 0 Å². The van der Waals surface area contributed by atoms with Crippen molar-refractivity contribution in [2.75, 3.05) is 13.2 Å². The van der Waals surface area contributed by atoms with Crippen LogP contribution in [0.1, 0.15) is 36.5 Å². The predicted octanol–water partition coefficient (Wildman–Crippen LogP) is 0.933. The molecule has 1 unspecified atom stereocenters. The van der Waals surface area contributed by atoms with E-state index >= 15 is 0 Å². The molecule has 1 N–H and O–H groups in total. The van der Waals surface area contributed by atoms with E-state index in [1.165, 1.54) is 23.2 Å². The number of nitrogens with one attached hydrogen (secondary N) is 1. The summed E-state index contributed by atoms with van der Waals surface area (Å²) in [5.74, 6) is -0.607. The number of aromatic amines is 1. The number of rotatable bonds is 3. The van der Waals surface area contributed by atoms with Crippen LogP contribution in [0, 0.1) is 0 Å². The fourth-order valence-electron chi connectivity index (χ4n) is 2.37. The number of nitrogens with zero attached hydrogens (tertiary/aromatic N) is 1. The molecule has 0 aliphatic carbocycles. The van der Waals surface area contributed by atoms with Crippen LogP contribution in [-0.4, -0.2) is 41.0 Å². The average Bonchev–Trinajstić information content (AvgIpc) is 2.47. The van der Waals surface area contributed by atoms with Crippen LogP contribution >= 0.6 is 0 Å². The van der Waals surface area contributed by atoms with Gasteiger partial charge in [0, 0.05) is 18.8 Å². The van der Waals surface area contributed by atoms with Crippen LogP contribution in [0.5, 0.6) is 0 Å². The molecule has 108 valence electrons. The van der Waals surface area contributed by atoms with Crippen LogP contribution in [0.4, 0.5) is 0 Å². The monoisotopic (exact) mass is 278 g/mol. The van der Waals surface area contributed by atoms with Gasteiger partial charge in [-0.05, 0) is 32.3 Å². The second-order valence-electron chi connectivity index (χ2n) is 4.70. The lowest BCUT2D eigenvalue weighted by molar-refractivity contribution is -0.149. The zero-order valence-electron chi connectivity index (χ0n) is 11.4. The minimum atomic E-state index is -0.525. The summed E-state index contributed by atoms with van der Waals surface area (Å²) >= 11 is 0. The maximum absolute atomic E-state index is 12.4. The average molecular weight is 278 g/mol. The van der Waals surface area contributed by atoms with Gasteiger partial charge >= 0.3 is 5.97 Å². The van der Waals surface area contributed by atoms with Gasteiger partial charge in [0.1, 0.15) is 6.04 Å². The maximum Gasteiger partial charge on any atom is 0.328 e. The first-order valence-electron chi connectivity index (χ1n) is 6.80. The van der Waals surface area contributed by atoms with Gasteiger partial charge in [0.2, 0.25) is 5.56 Å². The van der Waals surface area contributed by atoms with Crippen molar-refractivity contribution in [3.63, 3.8) is 0 Å².